The number of carbonyl (C=O) groups excluding carboxylic acids is 2. The number of carbonyl (C=O) groups is 2. The zero-order valence-corrected chi connectivity index (χ0v) is 9.88. The molecule has 6 heteroatoms. The standard InChI is InChI=1S/C11H11ClN2O3/c1-13-10(15)5-9-11(16)14-7-4-6(12)2-3-8(7)17-9/h2-4,9H,5H2,1H3,(H,13,15)(H,14,16). The van der Waals surface area contributed by atoms with E-state index in [1.54, 1.807) is 18.2 Å². The van der Waals surface area contributed by atoms with Crippen LogP contribution in [0.15, 0.2) is 18.2 Å². The number of halogens is 1. The van der Waals surface area contributed by atoms with Crippen molar-refractivity contribution in [3.05, 3.63) is 23.2 Å². The molecule has 0 aromatic heterocycles. The van der Waals surface area contributed by atoms with Crippen LogP contribution in [0.4, 0.5) is 5.69 Å². The van der Waals surface area contributed by atoms with Crippen LogP contribution in [0.1, 0.15) is 6.42 Å². The van der Waals surface area contributed by atoms with E-state index in [1.807, 2.05) is 0 Å². The SMILES string of the molecule is CNC(=O)CC1Oc2ccc(Cl)cc2NC1=O. The molecule has 1 atom stereocenters. The summed E-state index contributed by atoms with van der Waals surface area (Å²) in [6, 6.07) is 4.92. The van der Waals surface area contributed by atoms with Crippen molar-refractivity contribution in [2.24, 2.45) is 0 Å². The van der Waals surface area contributed by atoms with E-state index >= 15 is 0 Å². The quantitative estimate of drug-likeness (QED) is 0.833. The van der Waals surface area contributed by atoms with Crippen LogP contribution >= 0.6 is 11.6 Å². The van der Waals surface area contributed by atoms with Crippen molar-refractivity contribution in [1.82, 2.24) is 5.32 Å². The summed E-state index contributed by atoms with van der Waals surface area (Å²) in [7, 11) is 1.51. The highest BCUT2D eigenvalue weighted by Gasteiger charge is 2.29. The highest BCUT2D eigenvalue weighted by molar-refractivity contribution is 6.31. The lowest BCUT2D eigenvalue weighted by Gasteiger charge is -2.25. The number of rotatable bonds is 2. The van der Waals surface area contributed by atoms with Gasteiger partial charge in [-0.2, -0.15) is 0 Å². The Morgan fingerprint density at radius 1 is 1.59 bits per heavy atom. The van der Waals surface area contributed by atoms with Crippen LogP contribution in [-0.4, -0.2) is 25.0 Å². The maximum Gasteiger partial charge on any atom is 0.266 e. The second kappa shape index (κ2) is 4.63. The molecule has 2 amide bonds. The molecule has 0 radical (unpaired) electrons. The summed E-state index contributed by atoms with van der Waals surface area (Å²) >= 11 is 5.80. The fourth-order valence-corrected chi connectivity index (χ4v) is 1.70. The molecule has 5 nitrogen and oxygen atoms in total. The highest BCUT2D eigenvalue weighted by Crippen LogP contribution is 2.32. The summed E-state index contributed by atoms with van der Waals surface area (Å²) in [6.07, 6.45) is -0.812. The monoisotopic (exact) mass is 254 g/mol. The Morgan fingerprint density at radius 2 is 2.35 bits per heavy atom. The molecule has 0 spiro atoms. The lowest BCUT2D eigenvalue weighted by Crippen LogP contribution is -2.40. The minimum atomic E-state index is -0.802. The molecule has 17 heavy (non-hydrogen) atoms. The molecule has 1 aromatic rings. The molecule has 1 aliphatic rings. The van der Waals surface area contributed by atoms with Gasteiger partial charge in [-0.05, 0) is 18.2 Å². The third-order valence-corrected chi connectivity index (χ3v) is 2.65. The zero-order chi connectivity index (χ0) is 12.4. The summed E-state index contributed by atoms with van der Waals surface area (Å²) in [5.41, 5.74) is 0.524. The van der Waals surface area contributed by atoms with Crippen LogP contribution in [0.3, 0.4) is 0 Å². The van der Waals surface area contributed by atoms with Gasteiger partial charge in [0.05, 0.1) is 12.1 Å². The van der Waals surface area contributed by atoms with E-state index in [9.17, 15) is 9.59 Å². The van der Waals surface area contributed by atoms with Gasteiger partial charge in [-0.3, -0.25) is 9.59 Å². The Kier molecular flexibility index (Phi) is 3.19. The van der Waals surface area contributed by atoms with Gasteiger partial charge in [0.2, 0.25) is 5.91 Å². The van der Waals surface area contributed by atoms with Crippen molar-refractivity contribution >= 4 is 29.1 Å². The molecular weight excluding hydrogens is 244 g/mol. The highest BCUT2D eigenvalue weighted by atomic mass is 35.5. The summed E-state index contributed by atoms with van der Waals surface area (Å²) in [6.45, 7) is 0. The Balaban J connectivity index is 2.18. The molecule has 0 aliphatic carbocycles. The Morgan fingerprint density at radius 3 is 3.06 bits per heavy atom. The normalized spacial score (nSPS) is 17.8. The number of benzene rings is 1. The number of fused-ring (bicyclic) bond motifs is 1. The average Bonchev–Trinajstić information content (AvgIpc) is 2.30. The van der Waals surface area contributed by atoms with E-state index in [-0.39, 0.29) is 18.2 Å². The summed E-state index contributed by atoms with van der Waals surface area (Å²) in [5, 5.41) is 5.61. The molecule has 90 valence electrons. The van der Waals surface area contributed by atoms with Crippen molar-refractivity contribution < 1.29 is 14.3 Å². The minimum absolute atomic E-state index is 0.00952. The van der Waals surface area contributed by atoms with E-state index in [0.717, 1.165) is 0 Å². The topological polar surface area (TPSA) is 67.4 Å². The molecule has 1 heterocycles. The van der Waals surface area contributed by atoms with Gasteiger partial charge < -0.3 is 15.4 Å². The second-order valence-electron chi connectivity index (χ2n) is 3.61. The number of anilines is 1. The molecule has 1 aliphatic heterocycles. The van der Waals surface area contributed by atoms with E-state index < -0.39 is 6.10 Å². The Bertz CT molecular complexity index is 476. The lowest BCUT2D eigenvalue weighted by atomic mass is 10.1. The number of nitrogens with one attached hydrogen (secondary N) is 2. The van der Waals surface area contributed by atoms with Crippen LogP contribution in [0.5, 0.6) is 5.75 Å². The first-order valence-corrected chi connectivity index (χ1v) is 5.45. The van der Waals surface area contributed by atoms with Crippen molar-refractivity contribution in [1.29, 1.82) is 0 Å². The Labute approximate surface area is 103 Å². The molecule has 0 saturated carbocycles. The van der Waals surface area contributed by atoms with Gasteiger partial charge in [-0.1, -0.05) is 11.6 Å². The Hall–Kier alpha value is -1.75. The van der Waals surface area contributed by atoms with Gasteiger partial charge >= 0.3 is 0 Å². The van der Waals surface area contributed by atoms with Gasteiger partial charge in [0.25, 0.3) is 5.91 Å². The van der Waals surface area contributed by atoms with Crippen LogP contribution < -0.4 is 15.4 Å². The summed E-state index contributed by atoms with van der Waals surface area (Å²) in [4.78, 5) is 22.9. The maximum absolute atomic E-state index is 11.7. The number of hydrogen-bond donors (Lipinski definition) is 2. The fraction of sp³-hybridized carbons (Fsp3) is 0.273. The summed E-state index contributed by atoms with van der Waals surface area (Å²) in [5.74, 6) is -0.0752. The van der Waals surface area contributed by atoms with Gasteiger partial charge in [-0.25, -0.2) is 0 Å². The molecule has 1 unspecified atom stereocenters. The van der Waals surface area contributed by atoms with Crippen molar-refractivity contribution in [3.8, 4) is 5.75 Å². The van der Waals surface area contributed by atoms with Crippen LogP contribution in [-0.2, 0) is 9.59 Å². The number of ether oxygens (including phenoxy) is 1. The zero-order valence-electron chi connectivity index (χ0n) is 9.12. The van der Waals surface area contributed by atoms with Crippen molar-refractivity contribution in [2.45, 2.75) is 12.5 Å². The lowest BCUT2D eigenvalue weighted by molar-refractivity contribution is -0.130. The average molecular weight is 255 g/mol. The predicted molar refractivity (Wildman–Crippen MR) is 63.2 cm³/mol. The molecule has 0 bridgehead atoms. The van der Waals surface area contributed by atoms with Gasteiger partial charge in [0.15, 0.2) is 6.10 Å². The molecule has 2 N–H and O–H groups in total. The number of amides is 2. The van der Waals surface area contributed by atoms with Gasteiger partial charge in [0.1, 0.15) is 5.75 Å². The van der Waals surface area contributed by atoms with E-state index in [1.165, 1.54) is 7.05 Å². The van der Waals surface area contributed by atoms with Crippen molar-refractivity contribution in [3.63, 3.8) is 0 Å². The van der Waals surface area contributed by atoms with Crippen LogP contribution in [0.25, 0.3) is 0 Å². The number of hydrogen-bond acceptors (Lipinski definition) is 3. The maximum atomic E-state index is 11.7. The predicted octanol–water partition coefficient (Wildman–Crippen LogP) is 1.18. The van der Waals surface area contributed by atoms with Crippen molar-refractivity contribution in [2.75, 3.05) is 12.4 Å². The first-order chi connectivity index (χ1) is 8.10. The van der Waals surface area contributed by atoms with Gasteiger partial charge in [-0.15, -0.1) is 0 Å². The smallest absolute Gasteiger partial charge is 0.266 e. The van der Waals surface area contributed by atoms with Crippen LogP contribution in [0, 0.1) is 0 Å². The van der Waals surface area contributed by atoms with E-state index in [2.05, 4.69) is 10.6 Å². The first-order valence-electron chi connectivity index (χ1n) is 5.08. The van der Waals surface area contributed by atoms with Crippen LogP contribution in [0.2, 0.25) is 5.02 Å². The molecule has 1 aromatic carbocycles. The second-order valence-corrected chi connectivity index (χ2v) is 4.05. The molecular formula is C11H11ClN2O3. The fourth-order valence-electron chi connectivity index (χ4n) is 1.53. The van der Waals surface area contributed by atoms with Gasteiger partial charge in [0, 0.05) is 12.1 Å². The van der Waals surface area contributed by atoms with E-state index in [0.29, 0.717) is 16.5 Å². The molecule has 0 saturated heterocycles. The minimum Gasteiger partial charge on any atom is -0.478 e. The first kappa shape index (κ1) is 11.7. The van der Waals surface area contributed by atoms with E-state index in [4.69, 9.17) is 16.3 Å². The third-order valence-electron chi connectivity index (χ3n) is 2.41. The largest absolute Gasteiger partial charge is 0.478 e. The summed E-state index contributed by atoms with van der Waals surface area (Å²) < 4.78 is 5.44. The molecule has 0 fully saturated rings. The molecule has 2 rings (SSSR count). The third kappa shape index (κ3) is 2.50.